The van der Waals surface area contributed by atoms with Crippen LogP contribution in [0.4, 0.5) is 0 Å². The van der Waals surface area contributed by atoms with Gasteiger partial charge < -0.3 is 5.11 Å². The van der Waals surface area contributed by atoms with Crippen LogP contribution >= 0.6 is 27.3 Å². The third kappa shape index (κ3) is 2.44. The number of hydrogen-bond donors (Lipinski definition) is 1. The Kier molecular flexibility index (Phi) is 3.39. The van der Waals surface area contributed by atoms with E-state index in [1.165, 1.54) is 11.3 Å². The van der Waals surface area contributed by atoms with Crippen molar-refractivity contribution in [2.24, 2.45) is 0 Å². The van der Waals surface area contributed by atoms with Crippen molar-refractivity contribution in [3.05, 3.63) is 49.9 Å². The van der Waals surface area contributed by atoms with E-state index >= 15 is 0 Å². The SMILES string of the molecule is Cc1ccc(C)c(C(C)(O)c2nc(Br)cs2)c1. The molecule has 0 bridgehead atoms. The van der Waals surface area contributed by atoms with Gasteiger partial charge in [-0.25, -0.2) is 4.98 Å². The van der Waals surface area contributed by atoms with Gasteiger partial charge in [-0.15, -0.1) is 11.3 Å². The van der Waals surface area contributed by atoms with E-state index in [4.69, 9.17) is 0 Å². The van der Waals surface area contributed by atoms with Crippen LogP contribution in [0.5, 0.6) is 0 Å². The number of nitrogens with zero attached hydrogens (tertiary/aromatic N) is 1. The molecule has 1 atom stereocenters. The summed E-state index contributed by atoms with van der Waals surface area (Å²) in [5.74, 6) is 0. The number of aliphatic hydroxyl groups is 1. The lowest BCUT2D eigenvalue weighted by Gasteiger charge is -2.23. The van der Waals surface area contributed by atoms with E-state index < -0.39 is 5.60 Å². The van der Waals surface area contributed by atoms with Gasteiger partial charge in [0.25, 0.3) is 0 Å². The summed E-state index contributed by atoms with van der Waals surface area (Å²) in [6, 6.07) is 6.10. The first-order valence-corrected chi connectivity index (χ1v) is 7.00. The Labute approximate surface area is 113 Å². The second kappa shape index (κ2) is 4.52. The first-order valence-electron chi connectivity index (χ1n) is 5.33. The van der Waals surface area contributed by atoms with Crippen LogP contribution in [0, 0.1) is 13.8 Å². The van der Waals surface area contributed by atoms with E-state index in [1.54, 1.807) is 6.92 Å². The molecule has 1 unspecified atom stereocenters. The van der Waals surface area contributed by atoms with Crippen molar-refractivity contribution >= 4 is 27.3 Å². The van der Waals surface area contributed by atoms with Crippen LogP contribution in [0.3, 0.4) is 0 Å². The van der Waals surface area contributed by atoms with Crippen molar-refractivity contribution in [1.29, 1.82) is 0 Å². The predicted octanol–water partition coefficient (Wildman–Crippen LogP) is 3.78. The zero-order valence-corrected chi connectivity index (χ0v) is 12.4. The number of halogens is 1. The van der Waals surface area contributed by atoms with Gasteiger partial charge in [0.1, 0.15) is 15.2 Å². The summed E-state index contributed by atoms with van der Waals surface area (Å²) < 4.78 is 0.767. The summed E-state index contributed by atoms with van der Waals surface area (Å²) in [4.78, 5) is 4.31. The molecular weight excluding hydrogens is 298 g/mol. The van der Waals surface area contributed by atoms with Gasteiger partial charge in [-0.3, -0.25) is 0 Å². The Morgan fingerprint density at radius 1 is 1.35 bits per heavy atom. The van der Waals surface area contributed by atoms with Crippen LogP contribution in [0.1, 0.15) is 28.6 Å². The first kappa shape index (κ1) is 12.7. The fourth-order valence-corrected chi connectivity index (χ4v) is 3.18. The molecule has 0 aliphatic carbocycles. The summed E-state index contributed by atoms with van der Waals surface area (Å²) in [7, 11) is 0. The molecule has 0 saturated carbocycles. The topological polar surface area (TPSA) is 33.1 Å². The van der Waals surface area contributed by atoms with Crippen LogP contribution in [0.15, 0.2) is 28.2 Å². The van der Waals surface area contributed by atoms with Gasteiger partial charge in [-0.1, -0.05) is 23.8 Å². The number of thiazole rings is 1. The maximum Gasteiger partial charge on any atom is 0.138 e. The van der Waals surface area contributed by atoms with E-state index in [2.05, 4.69) is 20.9 Å². The van der Waals surface area contributed by atoms with Crippen LogP contribution in [0.25, 0.3) is 0 Å². The number of hydrogen-bond acceptors (Lipinski definition) is 3. The highest BCUT2D eigenvalue weighted by Crippen LogP contribution is 2.34. The summed E-state index contributed by atoms with van der Waals surface area (Å²) in [5, 5.41) is 13.3. The first-order chi connectivity index (χ1) is 7.91. The highest BCUT2D eigenvalue weighted by Gasteiger charge is 2.30. The van der Waals surface area contributed by atoms with Gasteiger partial charge in [0.15, 0.2) is 0 Å². The Bertz CT molecular complexity index is 548. The average molecular weight is 312 g/mol. The Morgan fingerprint density at radius 2 is 2.06 bits per heavy atom. The summed E-state index contributed by atoms with van der Waals surface area (Å²) in [6.07, 6.45) is 0. The van der Waals surface area contributed by atoms with E-state index in [9.17, 15) is 5.11 Å². The lowest BCUT2D eigenvalue weighted by atomic mass is 9.91. The fourth-order valence-electron chi connectivity index (χ4n) is 1.85. The maximum atomic E-state index is 10.7. The van der Waals surface area contributed by atoms with E-state index in [0.29, 0.717) is 5.01 Å². The van der Waals surface area contributed by atoms with Crippen molar-refractivity contribution in [1.82, 2.24) is 4.98 Å². The third-order valence-electron chi connectivity index (χ3n) is 2.81. The lowest BCUT2D eigenvalue weighted by molar-refractivity contribution is 0.101. The summed E-state index contributed by atoms with van der Waals surface area (Å²) in [5.41, 5.74) is 2.10. The predicted molar refractivity (Wildman–Crippen MR) is 74.4 cm³/mol. The van der Waals surface area contributed by atoms with Crippen LogP contribution in [-0.4, -0.2) is 10.1 Å². The lowest BCUT2D eigenvalue weighted by Crippen LogP contribution is -2.24. The number of rotatable bonds is 2. The molecule has 1 aromatic carbocycles. The number of aryl methyl sites for hydroxylation is 2. The van der Waals surface area contributed by atoms with E-state index in [-0.39, 0.29) is 0 Å². The minimum atomic E-state index is -1.03. The molecule has 0 fully saturated rings. The molecule has 0 saturated heterocycles. The molecule has 0 amide bonds. The molecule has 90 valence electrons. The Hall–Kier alpha value is -0.710. The van der Waals surface area contributed by atoms with Crippen LogP contribution in [-0.2, 0) is 5.60 Å². The quantitative estimate of drug-likeness (QED) is 0.915. The van der Waals surface area contributed by atoms with Gasteiger partial charge in [0, 0.05) is 5.38 Å². The molecule has 2 aromatic rings. The number of aromatic nitrogens is 1. The molecule has 2 nitrogen and oxygen atoms in total. The largest absolute Gasteiger partial charge is 0.378 e. The van der Waals surface area contributed by atoms with E-state index in [1.807, 2.05) is 37.4 Å². The number of benzene rings is 1. The van der Waals surface area contributed by atoms with Gasteiger partial charge in [-0.05, 0) is 47.8 Å². The van der Waals surface area contributed by atoms with Gasteiger partial charge >= 0.3 is 0 Å². The minimum Gasteiger partial charge on any atom is -0.378 e. The van der Waals surface area contributed by atoms with Gasteiger partial charge in [-0.2, -0.15) is 0 Å². The Morgan fingerprint density at radius 3 is 2.65 bits per heavy atom. The average Bonchev–Trinajstić information content (AvgIpc) is 2.69. The molecule has 1 heterocycles. The standard InChI is InChI=1S/C13H14BrNOS/c1-8-4-5-9(2)10(6-8)13(3,16)12-15-11(14)7-17-12/h4-7,16H,1-3H3. The Balaban J connectivity index is 2.54. The smallest absolute Gasteiger partial charge is 0.138 e. The summed E-state index contributed by atoms with van der Waals surface area (Å²) >= 11 is 4.78. The minimum absolute atomic E-state index is 0.707. The van der Waals surface area contributed by atoms with Crippen molar-refractivity contribution in [2.45, 2.75) is 26.4 Å². The molecule has 0 radical (unpaired) electrons. The highest BCUT2D eigenvalue weighted by atomic mass is 79.9. The molecule has 17 heavy (non-hydrogen) atoms. The van der Waals surface area contributed by atoms with Crippen molar-refractivity contribution in [2.75, 3.05) is 0 Å². The molecule has 1 aromatic heterocycles. The molecular formula is C13H14BrNOS. The second-order valence-corrected chi connectivity index (χ2v) is 6.04. The third-order valence-corrected chi connectivity index (χ3v) is 4.57. The zero-order chi connectivity index (χ0) is 12.6. The fraction of sp³-hybridized carbons (Fsp3) is 0.308. The molecule has 4 heteroatoms. The van der Waals surface area contributed by atoms with Gasteiger partial charge in [0.05, 0.1) is 0 Å². The highest BCUT2D eigenvalue weighted by molar-refractivity contribution is 9.10. The molecule has 0 spiro atoms. The van der Waals surface area contributed by atoms with Gasteiger partial charge in [0.2, 0.25) is 0 Å². The van der Waals surface area contributed by atoms with E-state index in [0.717, 1.165) is 21.3 Å². The van der Waals surface area contributed by atoms with Crippen molar-refractivity contribution < 1.29 is 5.11 Å². The zero-order valence-electron chi connectivity index (χ0n) is 9.99. The second-order valence-electron chi connectivity index (χ2n) is 4.37. The molecule has 2 rings (SSSR count). The van der Waals surface area contributed by atoms with Crippen LogP contribution in [0.2, 0.25) is 0 Å². The monoisotopic (exact) mass is 311 g/mol. The van der Waals surface area contributed by atoms with Crippen molar-refractivity contribution in [3.63, 3.8) is 0 Å². The summed E-state index contributed by atoms with van der Waals surface area (Å²) in [6.45, 7) is 5.82. The maximum absolute atomic E-state index is 10.7. The molecule has 0 aliphatic rings. The molecule has 0 aliphatic heterocycles. The molecule has 1 N–H and O–H groups in total. The van der Waals surface area contributed by atoms with Crippen molar-refractivity contribution in [3.8, 4) is 0 Å². The van der Waals surface area contributed by atoms with Crippen LogP contribution < -0.4 is 0 Å². The normalized spacial score (nSPS) is 14.6.